The standard InChI is InChI=1S/C23H42N6O2/c1-17(2)29-11-9-19-22(29)23(31)25-16-18(26(19)3)7-8-21(30)28-14-12-27(13-15-28)20-6-4-5-10-24-20/h17-20,22,24H,4-16H2,1-3H3,(H,25,31)/t18-,19-,20?,22-/m0/s1. The van der Waals surface area contributed by atoms with E-state index in [1.54, 1.807) is 0 Å². The maximum Gasteiger partial charge on any atom is 0.239 e. The number of fused-ring (bicyclic) bond motifs is 1. The molecule has 4 aliphatic heterocycles. The van der Waals surface area contributed by atoms with Crippen molar-refractivity contribution in [2.75, 3.05) is 52.9 Å². The third kappa shape index (κ3) is 5.07. The Kier molecular flexibility index (Phi) is 7.52. The monoisotopic (exact) mass is 434 g/mol. The molecular weight excluding hydrogens is 392 g/mol. The third-order valence-corrected chi connectivity index (χ3v) is 8.03. The summed E-state index contributed by atoms with van der Waals surface area (Å²) in [7, 11) is 2.15. The van der Waals surface area contributed by atoms with Crippen molar-refractivity contribution in [3.8, 4) is 0 Å². The molecule has 2 amide bonds. The molecule has 4 fully saturated rings. The minimum atomic E-state index is -0.0628. The fourth-order valence-electron chi connectivity index (χ4n) is 6.05. The first-order chi connectivity index (χ1) is 15.0. The third-order valence-electron chi connectivity index (χ3n) is 8.03. The Labute approximate surface area is 187 Å². The second-order valence-electron chi connectivity index (χ2n) is 10.1. The Morgan fingerprint density at radius 2 is 1.87 bits per heavy atom. The lowest BCUT2D eigenvalue weighted by atomic mass is 10.0. The summed E-state index contributed by atoms with van der Waals surface area (Å²) in [6.07, 6.45) is 6.71. The molecule has 0 radical (unpaired) electrons. The van der Waals surface area contributed by atoms with E-state index < -0.39 is 0 Å². The molecular formula is C23H42N6O2. The van der Waals surface area contributed by atoms with Crippen LogP contribution in [0.4, 0.5) is 0 Å². The number of amides is 2. The molecule has 4 rings (SSSR count). The van der Waals surface area contributed by atoms with Crippen molar-refractivity contribution < 1.29 is 9.59 Å². The van der Waals surface area contributed by atoms with Crippen molar-refractivity contribution in [3.63, 3.8) is 0 Å². The van der Waals surface area contributed by atoms with Crippen LogP contribution in [0.1, 0.15) is 52.4 Å². The first kappa shape index (κ1) is 23.0. The van der Waals surface area contributed by atoms with E-state index in [-0.39, 0.29) is 29.9 Å². The normalized spacial score (nSPS) is 33.9. The van der Waals surface area contributed by atoms with Crippen LogP contribution in [0.15, 0.2) is 0 Å². The van der Waals surface area contributed by atoms with Gasteiger partial charge in [0.25, 0.3) is 0 Å². The van der Waals surface area contributed by atoms with Gasteiger partial charge >= 0.3 is 0 Å². The van der Waals surface area contributed by atoms with E-state index in [0.717, 1.165) is 52.1 Å². The number of piperidine rings is 1. The van der Waals surface area contributed by atoms with Crippen molar-refractivity contribution in [3.05, 3.63) is 0 Å². The zero-order valence-corrected chi connectivity index (χ0v) is 19.7. The molecule has 31 heavy (non-hydrogen) atoms. The van der Waals surface area contributed by atoms with Crippen molar-refractivity contribution >= 4 is 11.8 Å². The molecule has 0 saturated carbocycles. The van der Waals surface area contributed by atoms with Gasteiger partial charge in [-0.1, -0.05) is 0 Å². The summed E-state index contributed by atoms with van der Waals surface area (Å²) in [5.74, 6) is 0.427. The van der Waals surface area contributed by atoms with E-state index in [2.05, 4.69) is 46.2 Å². The number of carbonyl (C=O) groups excluding carboxylic acids is 2. The minimum absolute atomic E-state index is 0.0628. The van der Waals surface area contributed by atoms with Crippen molar-refractivity contribution in [2.45, 2.75) is 82.7 Å². The van der Waals surface area contributed by atoms with Crippen molar-refractivity contribution in [2.24, 2.45) is 0 Å². The summed E-state index contributed by atoms with van der Waals surface area (Å²) in [6, 6.07) is 0.779. The van der Waals surface area contributed by atoms with E-state index in [1.807, 2.05) is 4.90 Å². The SMILES string of the molecule is CC(C)N1CC[C@H]2[C@H]1C(=O)NC[C@H](CCC(=O)N1CCN(C3CCCCN3)CC1)N2C. The van der Waals surface area contributed by atoms with E-state index in [4.69, 9.17) is 0 Å². The molecule has 4 aliphatic rings. The molecule has 1 unspecified atom stereocenters. The number of rotatable bonds is 5. The van der Waals surface area contributed by atoms with Crippen LogP contribution in [0.25, 0.3) is 0 Å². The molecule has 2 N–H and O–H groups in total. The van der Waals surface area contributed by atoms with E-state index in [9.17, 15) is 9.59 Å². The Morgan fingerprint density at radius 3 is 2.55 bits per heavy atom. The molecule has 4 heterocycles. The van der Waals surface area contributed by atoms with Crippen LogP contribution in [0, 0.1) is 0 Å². The van der Waals surface area contributed by atoms with Crippen LogP contribution in [0.3, 0.4) is 0 Å². The highest BCUT2D eigenvalue weighted by atomic mass is 16.2. The Balaban J connectivity index is 1.26. The van der Waals surface area contributed by atoms with Gasteiger partial charge in [-0.25, -0.2) is 0 Å². The molecule has 176 valence electrons. The highest BCUT2D eigenvalue weighted by Crippen LogP contribution is 2.28. The van der Waals surface area contributed by atoms with E-state index in [0.29, 0.717) is 25.2 Å². The molecule has 0 aromatic heterocycles. The Bertz CT molecular complexity index is 630. The van der Waals surface area contributed by atoms with E-state index in [1.165, 1.54) is 19.3 Å². The lowest BCUT2D eigenvalue weighted by Crippen LogP contribution is -2.56. The van der Waals surface area contributed by atoms with Gasteiger partial charge < -0.3 is 15.5 Å². The molecule has 0 aliphatic carbocycles. The summed E-state index contributed by atoms with van der Waals surface area (Å²) >= 11 is 0. The van der Waals surface area contributed by atoms with Gasteiger partial charge in [-0.05, 0) is 59.5 Å². The molecule has 8 heteroatoms. The van der Waals surface area contributed by atoms with Crippen molar-refractivity contribution in [1.82, 2.24) is 30.2 Å². The predicted octanol–water partition coefficient (Wildman–Crippen LogP) is 0.292. The zero-order chi connectivity index (χ0) is 22.0. The van der Waals surface area contributed by atoms with Gasteiger partial charge in [0.1, 0.15) is 6.04 Å². The van der Waals surface area contributed by atoms with Gasteiger partial charge in [0.15, 0.2) is 0 Å². The van der Waals surface area contributed by atoms with Crippen LogP contribution < -0.4 is 10.6 Å². The number of likely N-dealkylation sites (N-methyl/N-ethyl adjacent to an activating group) is 1. The Morgan fingerprint density at radius 1 is 1.10 bits per heavy atom. The molecule has 4 atom stereocenters. The van der Waals surface area contributed by atoms with E-state index >= 15 is 0 Å². The number of carbonyl (C=O) groups is 2. The van der Waals surface area contributed by atoms with Gasteiger partial charge in [-0.3, -0.25) is 24.3 Å². The maximum absolute atomic E-state index is 12.9. The number of nitrogens with one attached hydrogen (secondary N) is 2. The van der Waals surface area contributed by atoms with Gasteiger partial charge in [0.05, 0.1) is 6.17 Å². The lowest BCUT2D eigenvalue weighted by molar-refractivity contribution is -0.134. The molecule has 0 aromatic rings. The quantitative estimate of drug-likeness (QED) is 0.648. The summed E-state index contributed by atoms with van der Waals surface area (Å²) < 4.78 is 0. The Hall–Kier alpha value is -1.22. The fourth-order valence-corrected chi connectivity index (χ4v) is 6.05. The number of hydrogen-bond acceptors (Lipinski definition) is 6. The number of likely N-dealkylation sites (tertiary alicyclic amines) is 1. The molecule has 0 spiro atoms. The molecule has 8 nitrogen and oxygen atoms in total. The van der Waals surface area contributed by atoms with Crippen LogP contribution in [0.2, 0.25) is 0 Å². The van der Waals surface area contributed by atoms with Gasteiger partial charge in [0, 0.05) is 63.8 Å². The molecule has 0 bridgehead atoms. The first-order valence-corrected chi connectivity index (χ1v) is 12.5. The number of nitrogens with zero attached hydrogens (tertiary/aromatic N) is 4. The topological polar surface area (TPSA) is 71.2 Å². The van der Waals surface area contributed by atoms with Crippen LogP contribution in [0.5, 0.6) is 0 Å². The summed E-state index contributed by atoms with van der Waals surface area (Å²) in [5, 5.41) is 6.79. The fraction of sp³-hybridized carbons (Fsp3) is 0.913. The summed E-state index contributed by atoms with van der Waals surface area (Å²) in [4.78, 5) is 35.0. The van der Waals surface area contributed by atoms with Crippen LogP contribution >= 0.6 is 0 Å². The average Bonchev–Trinajstić information content (AvgIpc) is 3.20. The highest BCUT2D eigenvalue weighted by Gasteiger charge is 2.45. The molecule has 0 aromatic carbocycles. The van der Waals surface area contributed by atoms with Crippen LogP contribution in [-0.4, -0.2) is 115 Å². The summed E-state index contributed by atoms with van der Waals surface area (Å²) in [6.45, 7) is 10.7. The second kappa shape index (κ2) is 10.1. The van der Waals surface area contributed by atoms with Gasteiger partial charge in [-0.2, -0.15) is 0 Å². The average molecular weight is 435 g/mol. The van der Waals surface area contributed by atoms with Crippen LogP contribution in [-0.2, 0) is 9.59 Å². The van der Waals surface area contributed by atoms with Gasteiger partial charge in [0.2, 0.25) is 11.8 Å². The number of piperazine rings is 1. The molecule has 4 saturated heterocycles. The predicted molar refractivity (Wildman–Crippen MR) is 122 cm³/mol. The smallest absolute Gasteiger partial charge is 0.239 e. The lowest BCUT2D eigenvalue weighted by Gasteiger charge is -2.41. The van der Waals surface area contributed by atoms with Crippen molar-refractivity contribution in [1.29, 1.82) is 0 Å². The minimum Gasteiger partial charge on any atom is -0.353 e. The number of hydrogen-bond donors (Lipinski definition) is 2. The second-order valence-corrected chi connectivity index (χ2v) is 10.1. The highest BCUT2D eigenvalue weighted by molar-refractivity contribution is 5.83. The maximum atomic E-state index is 12.9. The zero-order valence-electron chi connectivity index (χ0n) is 19.7. The first-order valence-electron chi connectivity index (χ1n) is 12.5. The summed E-state index contributed by atoms with van der Waals surface area (Å²) in [5.41, 5.74) is 0. The van der Waals surface area contributed by atoms with Gasteiger partial charge in [-0.15, -0.1) is 0 Å². The largest absolute Gasteiger partial charge is 0.353 e.